The van der Waals surface area contributed by atoms with Gasteiger partial charge in [0.25, 0.3) is 0 Å². The summed E-state index contributed by atoms with van der Waals surface area (Å²) in [5, 5.41) is 18.2. The Morgan fingerprint density at radius 3 is 2.19 bits per heavy atom. The van der Waals surface area contributed by atoms with Crippen LogP contribution in [0.25, 0.3) is 0 Å². The third-order valence-electron chi connectivity index (χ3n) is 4.50. The molecular weight excluding hydrogens is 322 g/mol. The zero-order valence-electron chi connectivity index (χ0n) is 16.2. The third-order valence-corrected chi connectivity index (χ3v) is 4.50. The second-order valence-electron chi connectivity index (χ2n) is 6.11. The van der Waals surface area contributed by atoms with Crippen molar-refractivity contribution < 1.29 is 0 Å². The number of nitrogens with zero attached hydrogens (tertiary/aromatic N) is 4. The second-order valence-corrected chi connectivity index (χ2v) is 6.11. The van der Waals surface area contributed by atoms with E-state index in [2.05, 4.69) is 18.2 Å². The Morgan fingerprint density at radius 1 is 1.12 bits per heavy atom. The van der Waals surface area contributed by atoms with Gasteiger partial charge in [-0.05, 0) is 62.0 Å². The fourth-order valence-corrected chi connectivity index (χ4v) is 2.56. The molecule has 0 bridgehead atoms. The predicted octanol–water partition coefficient (Wildman–Crippen LogP) is 4.29. The summed E-state index contributed by atoms with van der Waals surface area (Å²) >= 11 is 0. The zero-order valence-corrected chi connectivity index (χ0v) is 16.2. The van der Waals surface area contributed by atoms with Gasteiger partial charge < -0.3 is 5.73 Å². The molecule has 0 radical (unpaired) electrons. The predicted molar refractivity (Wildman–Crippen MR) is 107 cm³/mol. The van der Waals surface area contributed by atoms with E-state index in [1.165, 1.54) is 0 Å². The first-order chi connectivity index (χ1) is 12.2. The Balaban J connectivity index is 3.61. The summed E-state index contributed by atoms with van der Waals surface area (Å²) < 4.78 is 0. The molecule has 5 nitrogen and oxygen atoms in total. The molecule has 0 heterocycles. The molecule has 2 N–H and O–H groups in total. The van der Waals surface area contributed by atoms with Crippen molar-refractivity contribution in [2.75, 3.05) is 6.54 Å². The normalized spacial score (nSPS) is 17.9. The van der Waals surface area contributed by atoms with E-state index < -0.39 is 0 Å². The molecule has 0 fully saturated rings. The van der Waals surface area contributed by atoms with Crippen molar-refractivity contribution in [1.29, 1.82) is 10.5 Å². The maximum absolute atomic E-state index is 9.26. The molecule has 1 aliphatic carbocycles. The molecule has 0 unspecified atom stereocenters. The van der Waals surface area contributed by atoms with Gasteiger partial charge in [-0.15, -0.1) is 0 Å². The van der Waals surface area contributed by atoms with Crippen molar-refractivity contribution >= 4 is 11.4 Å². The molecule has 0 aromatic heterocycles. The van der Waals surface area contributed by atoms with Gasteiger partial charge >= 0.3 is 0 Å². The number of allylic oxidation sites excluding steroid dienone is 6. The van der Waals surface area contributed by atoms with Crippen molar-refractivity contribution in [2.45, 2.75) is 41.0 Å². The number of aliphatic imine (C=N–C) groups is 2. The van der Waals surface area contributed by atoms with Crippen LogP contribution < -0.4 is 5.73 Å². The van der Waals surface area contributed by atoms with Crippen molar-refractivity contribution in [1.82, 2.24) is 0 Å². The molecule has 0 aliphatic heterocycles. The second kappa shape index (κ2) is 8.89. The Morgan fingerprint density at radius 2 is 1.73 bits per heavy atom. The molecule has 0 aromatic carbocycles. The molecule has 0 aromatic rings. The van der Waals surface area contributed by atoms with Gasteiger partial charge in [-0.3, -0.25) is 4.99 Å². The Bertz CT molecular complexity index is 890. The number of nitrogens with two attached hydrogens (primary N) is 1. The van der Waals surface area contributed by atoms with Gasteiger partial charge in [0.05, 0.1) is 17.0 Å². The standard InChI is InChI=1S/C21H25N5/c1-8-18(12(2)9-22)25-20-14(4)16(6)21(17(7)15(20)5)26-19(11-24)13(3)10-23/h3-4,8-9,22H2,1-2,5-7H3/b18-12+,25-20+,26-19-. The summed E-state index contributed by atoms with van der Waals surface area (Å²) in [6, 6.07) is 3.80. The van der Waals surface area contributed by atoms with Gasteiger partial charge in [-0.2, -0.15) is 10.5 Å². The molecular formula is C21H25N5. The van der Waals surface area contributed by atoms with E-state index in [1.54, 1.807) is 0 Å². The van der Waals surface area contributed by atoms with Crippen LogP contribution in [0.4, 0.5) is 0 Å². The van der Waals surface area contributed by atoms with Crippen molar-refractivity contribution in [3.05, 3.63) is 58.0 Å². The monoisotopic (exact) mass is 347 g/mol. The van der Waals surface area contributed by atoms with Crippen LogP contribution in [0.1, 0.15) is 41.0 Å². The van der Waals surface area contributed by atoms with E-state index in [9.17, 15) is 5.26 Å². The lowest BCUT2D eigenvalue weighted by Crippen LogP contribution is -2.16. The van der Waals surface area contributed by atoms with Crippen LogP contribution in [0.3, 0.4) is 0 Å². The summed E-state index contributed by atoms with van der Waals surface area (Å²) in [5.41, 5.74) is 12.7. The van der Waals surface area contributed by atoms with Crippen LogP contribution in [-0.2, 0) is 0 Å². The van der Waals surface area contributed by atoms with E-state index in [4.69, 9.17) is 16.0 Å². The minimum absolute atomic E-state index is 0.00954. The molecule has 134 valence electrons. The minimum atomic E-state index is 0.00954. The van der Waals surface area contributed by atoms with Gasteiger partial charge in [0.15, 0.2) is 5.71 Å². The summed E-state index contributed by atoms with van der Waals surface area (Å²) in [6.45, 7) is 18.0. The van der Waals surface area contributed by atoms with E-state index in [1.807, 2.05) is 46.8 Å². The summed E-state index contributed by atoms with van der Waals surface area (Å²) in [7, 11) is 0. The van der Waals surface area contributed by atoms with Crippen LogP contribution in [0.5, 0.6) is 0 Å². The molecule has 0 amide bonds. The van der Waals surface area contributed by atoms with E-state index >= 15 is 0 Å². The lowest BCUT2D eigenvalue weighted by molar-refractivity contribution is 0.982. The highest BCUT2D eigenvalue weighted by Gasteiger charge is 2.23. The van der Waals surface area contributed by atoms with Crippen molar-refractivity contribution in [3.8, 4) is 12.1 Å². The average molecular weight is 347 g/mol. The third kappa shape index (κ3) is 4.14. The SMILES string of the molecule is C=C(C#N)/C(C#N)=N\C1=C(C)C(=C)/C(=N\C(CC)=C(/C)CN)C(C)=C1C. The maximum Gasteiger partial charge on any atom is 0.158 e. The van der Waals surface area contributed by atoms with Gasteiger partial charge in [0.1, 0.15) is 12.1 Å². The summed E-state index contributed by atoms with van der Waals surface area (Å²) in [5.74, 6) is 0. The topological polar surface area (TPSA) is 98.3 Å². The van der Waals surface area contributed by atoms with Crippen LogP contribution in [-0.4, -0.2) is 18.0 Å². The molecule has 0 saturated carbocycles. The number of rotatable bonds is 5. The first-order valence-corrected chi connectivity index (χ1v) is 8.37. The molecule has 26 heavy (non-hydrogen) atoms. The van der Waals surface area contributed by atoms with Crippen LogP contribution in [0, 0.1) is 22.7 Å². The highest BCUT2D eigenvalue weighted by molar-refractivity contribution is 6.18. The van der Waals surface area contributed by atoms with Gasteiger partial charge in [-0.1, -0.05) is 20.1 Å². The van der Waals surface area contributed by atoms with E-state index in [-0.39, 0.29) is 11.3 Å². The lowest BCUT2D eigenvalue weighted by atomic mass is 9.86. The molecule has 0 spiro atoms. The average Bonchev–Trinajstić information content (AvgIpc) is 2.65. The van der Waals surface area contributed by atoms with Crippen molar-refractivity contribution in [2.24, 2.45) is 15.7 Å². The number of nitriles is 2. The number of hydrogen-bond acceptors (Lipinski definition) is 5. The summed E-state index contributed by atoms with van der Waals surface area (Å²) in [4.78, 5) is 9.19. The Labute approximate surface area is 155 Å². The van der Waals surface area contributed by atoms with Crippen molar-refractivity contribution in [3.63, 3.8) is 0 Å². The molecule has 0 atom stereocenters. The largest absolute Gasteiger partial charge is 0.327 e. The van der Waals surface area contributed by atoms with Gasteiger partial charge in [-0.25, -0.2) is 4.99 Å². The molecule has 1 rings (SSSR count). The smallest absolute Gasteiger partial charge is 0.158 e. The lowest BCUT2D eigenvalue weighted by Gasteiger charge is -2.23. The summed E-state index contributed by atoms with van der Waals surface area (Å²) in [6.07, 6.45) is 0.778. The quantitative estimate of drug-likeness (QED) is 0.593. The first kappa shape index (κ1) is 21.0. The fourth-order valence-electron chi connectivity index (χ4n) is 2.56. The van der Waals surface area contributed by atoms with E-state index in [0.717, 1.165) is 45.7 Å². The first-order valence-electron chi connectivity index (χ1n) is 8.37. The molecule has 5 heteroatoms. The van der Waals surface area contributed by atoms with Crippen LogP contribution in [0.2, 0.25) is 0 Å². The minimum Gasteiger partial charge on any atom is -0.327 e. The molecule has 1 aliphatic rings. The van der Waals surface area contributed by atoms with Crippen LogP contribution >= 0.6 is 0 Å². The Hall–Kier alpha value is -3.02. The van der Waals surface area contributed by atoms with E-state index in [0.29, 0.717) is 12.2 Å². The highest BCUT2D eigenvalue weighted by Crippen LogP contribution is 2.33. The number of hydrogen-bond donors (Lipinski definition) is 1. The maximum atomic E-state index is 9.26. The van der Waals surface area contributed by atoms with Crippen LogP contribution in [0.15, 0.2) is 68.0 Å². The van der Waals surface area contributed by atoms with Gasteiger partial charge in [0.2, 0.25) is 0 Å². The molecule has 0 saturated heterocycles. The van der Waals surface area contributed by atoms with Gasteiger partial charge in [0, 0.05) is 12.2 Å². The fraction of sp³-hybridized carbons (Fsp3) is 0.333. The zero-order chi connectivity index (χ0) is 20.0. The highest BCUT2D eigenvalue weighted by atomic mass is 14.8. The Kier molecular flexibility index (Phi) is 7.19.